The molecule has 6 fully saturated rings. The van der Waals surface area contributed by atoms with Gasteiger partial charge in [0.05, 0.1) is 57.1 Å². The van der Waals surface area contributed by atoms with Gasteiger partial charge in [0, 0.05) is 59.8 Å². The van der Waals surface area contributed by atoms with Gasteiger partial charge in [-0.15, -0.1) is 0 Å². The van der Waals surface area contributed by atoms with Gasteiger partial charge in [0.15, 0.2) is 0 Å². The normalized spacial score (nSPS) is 23.8. The fourth-order valence-electron chi connectivity index (χ4n) is 14.5. The number of carboxylic acids is 1. The number of aromatic nitrogens is 4. The number of ether oxygens (including phenoxy) is 3. The van der Waals surface area contributed by atoms with Crippen LogP contribution in [0.1, 0.15) is 188 Å². The predicted octanol–water partition coefficient (Wildman–Crippen LogP) is 15.7. The minimum atomic E-state index is -0.735. The minimum Gasteiger partial charge on any atom is -0.496 e. The third kappa shape index (κ3) is 15.2. The van der Waals surface area contributed by atoms with Crippen LogP contribution < -0.4 is 19.3 Å². The highest BCUT2D eigenvalue weighted by Crippen LogP contribution is 2.43. The van der Waals surface area contributed by atoms with E-state index in [1.807, 2.05) is 30.3 Å². The molecule has 6 aliphatic carbocycles. The highest BCUT2D eigenvalue weighted by Gasteiger charge is 2.37. The number of methoxy groups -OCH3 is 2. The summed E-state index contributed by atoms with van der Waals surface area (Å²) < 4.78 is 20.5. The molecule has 0 radical (unpaired) electrons. The van der Waals surface area contributed by atoms with E-state index in [1.165, 1.54) is 47.9 Å². The smallest absolute Gasteiger partial charge is 0.308 e. The number of hydrogen-bond donors (Lipinski definition) is 1. The molecule has 6 saturated carbocycles. The molecular formula is C73H92N6O8. The zero-order chi connectivity index (χ0) is 60.6. The average molecular weight is 1180 g/mol. The quantitative estimate of drug-likeness (QED) is 0.0729. The summed E-state index contributed by atoms with van der Waals surface area (Å²) in [6, 6.07) is 31.0. The molecule has 2 aromatic heterocycles. The summed E-state index contributed by atoms with van der Waals surface area (Å²) in [5.74, 6) is 2.75. The monoisotopic (exact) mass is 1180 g/mol. The fourth-order valence-corrected chi connectivity index (χ4v) is 14.5. The number of nitrogens with zero attached hydrogens (tertiary/aromatic N) is 6. The number of rotatable bonds is 20. The Morgan fingerprint density at radius 1 is 0.506 bits per heavy atom. The van der Waals surface area contributed by atoms with Crippen molar-refractivity contribution < 1.29 is 38.5 Å². The van der Waals surface area contributed by atoms with Gasteiger partial charge < -0.3 is 29.1 Å². The Bertz CT molecular complexity index is 3310. The van der Waals surface area contributed by atoms with Crippen molar-refractivity contribution in [2.24, 2.45) is 35.5 Å². The molecule has 14 nitrogen and oxygen atoms in total. The standard InChI is InChI=1S/C38H49N3O4.C35H43N3O4/c1-4-20-45-38(43)30-14-12-29(13-15-30)37(42)40(35-7-5-6-31(22-35)33-23-39-41(25-33)34-17-18-34)24-27-8-10-28(11-9-27)32-16-19-36(44-3)26(2)21-32;1-23-18-29(14-17-33(23)42-2)25-8-6-24(7-9-25)21-37(34(39)26-10-12-27(13-11-26)35(40)41)32-5-3-4-28(19-32)30-20-36-38(22-30)31-15-16-31/h5-7,16,19,21-23,25,27-30,34H,4,8-15,17-18,20,24H2,1-3H3;3-5,14,17-20,22,24-27,31H,6-13,15-16,21H2,1-2H3,(H,40,41). The number of anilines is 2. The topological polar surface area (TPSA) is 158 Å². The molecule has 6 aliphatic rings. The first-order chi connectivity index (χ1) is 42.3. The average Bonchev–Trinajstić information content (AvgIpc) is 3.58. The SMILES string of the molecule is CCCOC(=O)C1CCC(C(=O)N(CC2CCC(c3ccc(OC)c(C)c3)CC2)c2cccc(-c3cnn(C4CC4)c3)c2)CC1.COc1ccc(C2CCC(CN(C(=O)C3CCC(C(=O)O)CC3)c3cccc(-c4cnn(C5CC5)c4)c3)CC2)cc1C. The van der Waals surface area contributed by atoms with Crippen molar-refractivity contribution in [3.05, 3.63) is 132 Å². The van der Waals surface area contributed by atoms with E-state index in [4.69, 9.17) is 14.2 Å². The third-order valence-corrected chi connectivity index (χ3v) is 20.2. The molecule has 0 saturated heterocycles. The second-order valence-electron chi connectivity index (χ2n) is 26.4. The molecule has 0 spiro atoms. The highest BCUT2D eigenvalue weighted by molar-refractivity contribution is 5.97. The second kappa shape index (κ2) is 28.3. The van der Waals surface area contributed by atoms with E-state index in [-0.39, 0.29) is 41.5 Å². The van der Waals surface area contributed by atoms with Crippen LogP contribution in [-0.2, 0) is 23.9 Å². The Balaban J connectivity index is 0.000000181. The van der Waals surface area contributed by atoms with Gasteiger partial charge in [-0.3, -0.25) is 28.5 Å². The predicted molar refractivity (Wildman–Crippen MR) is 341 cm³/mol. The van der Waals surface area contributed by atoms with E-state index >= 15 is 0 Å². The van der Waals surface area contributed by atoms with E-state index < -0.39 is 5.97 Å². The number of benzene rings is 4. The van der Waals surface area contributed by atoms with Crippen LogP contribution in [0, 0.1) is 49.4 Å². The van der Waals surface area contributed by atoms with Crippen molar-refractivity contribution in [1.82, 2.24) is 19.6 Å². The fraction of sp³-hybridized carbons (Fsp3) is 0.534. The molecule has 12 rings (SSSR count). The van der Waals surface area contributed by atoms with Crippen LogP contribution >= 0.6 is 0 Å². The Morgan fingerprint density at radius 2 is 0.920 bits per heavy atom. The maximum atomic E-state index is 14.3. The number of hydrogen-bond acceptors (Lipinski definition) is 9. The molecule has 14 heteroatoms. The zero-order valence-corrected chi connectivity index (χ0v) is 52.1. The van der Waals surface area contributed by atoms with Crippen molar-refractivity contribution in [2.75, 3.05) is 43.7 Å². The number of carbonyl (C=O) groups excluding carboxylic acids is 3. The molecule has 0 aliphatic heterocycles. The van der Waals surface area contributed by atoms with Crippen molar-refractivity contribution in [1.29, 1.82) is 0 Å². The molecule has 462 valence electrons. The third-order valence-electron chi connectivity index (χ3n) is 20.2. The van der Waals surface area contributed by atoms with Gasteiger partial charge in [-0.05, 0) is 242 Å². The molecule has 1 N–H and O–H groups in total. The highest BCUT2D eigenvalue weighted by atomic mass is 16.5. The number of carboxylic acid groups (broad SMARTS) is 1. The second-order valence-corrected chi connectivity index (χ2v) is 26.4. The lowest BCUT2D eigenvalue weighted by molar-refractivity contribution is -0.150. The lowest BCUT2D eigenvalue weighted by atomic mass is 9.77. The van der Waals surface area contributed by atoms with Crippen LogP contribution in [-0.4, -0.2) is 82.3 Å². The van der Waals surface area contributed by atoms with Crippen LogP contribution in [0.15, 0.2) is 110 Å². The summed E-state index contributed by atoms with van der Waals surface area (Å²) >= 11 is 0. The van der Waals surface area contributed by atoms with Gasteiger partial charge in [-0.2, -0.15) is 10.2 Å². The number of amides is 2. The van der Waals surface area contributed by atoms with Crippen molar-refractivity contribution in [3.63, 3.8) is 0 Å². The molecule has 4 aromatic carbocycles. The van der Waals surface area contributed by atoms with Gasteiger partial charge in [0.2, 0.25) is 11.8 Å². The summed E-state index contributed by atoms with van der Waals surface area (Å²) in [6.45, 7) is 8.14. The zero-order valence-electron chi connectivity index (χ0n) is 52.1. The van der Waals surface area contributed by atoms with Gasteiger partial charge in [0.1, 0.15) is 11.5 Å². The number of carbonyl (C=O) groups is 4. The van der Waals surface area contributed by atoms with Crippen LogP contribution in [0.25, 0.3) is 22.3 Å². The summed E-state index contributed by atoms with van der Waals surface area (Å²) in [5.41, 5.74) is 11.4. The molecule has 2 amide bonds. The van der Waals surface area contributed by atoms with Gasteiger partial charge >= 0.3 is 11.9 Å². The number of aryl methyl sites for hydroxylation is 2. The maximum absolute atomic E-state index is 14.3. The van der Waals surface area contributed by atoms with Crippen molar-refractivity contribution >= 4 is 35.1 Å². The lowest BCUT2D eigenvalue weighted by Crippen LogP contribution is -2.42. The summed E-state index contributed by atoms with van der Waals surface area (Å²) in [5, 5.41) is 18.7. The Hall–Kier alpha value is -7.22. The van der Waals surface area contributed by atoms with Crippen molar-refractivity contribution in [3.8, 4) is 33.8 Å². The van der Waals surface area contributed by atoms with E-state index in [2.05, 4.69) is 130 Å². The van der Waals surface area contributed by atoms with Crippen molar-refractivity contribution in [2.45, 2.75) is 180 Å². The van der Waals surface area contributed by atoms with E-state index in [1.54, 1.807) is 14.2 Å². The molecular weight excluding hydrogens is 1090 g/mol. The van der Waals surface area contributed by atoms with Gasteiger partial charge in [0.25, 0.3) is 0 Å². The first kappa shape index (κ1) is 61.4. The first-order valence-corrected chi connectivity index (χ1v) is 32.9. The summed E-state index contributed by atoms with van der Waals surface area (Å²) in [6.07, 6.45) is 27.9. The van der Waals surface area contributed by atoms with Crippen LogP contribution in [0.4, 0.5) is 11.4 Å². The molecule has 6 aromatic rings. The largest absolute Gasteiger partial charge is 0.496 e. The minimum absolute atomic E-state index is 0.0693. The molecule has 87 heavy (non-hydrogen) atoms. The number of aliphatic carboxylic acids is 1. The molecule has 0 atom stereocenters. The van der Waals surface area contributed by atoms with Crippen LogP contribution in [0.3, 0.4) is 0 Å². The Kier molecular flexibility index (Phi) is 20.0. The van der Waals surface area contributed by atoms with E-state index in [0.29, 0.717) is 74.6 Å². The maximum Gasteiger partial charge on any atom is 0.308 e. The van der Waals surface area contributed by atoms with Crippen LogP contribution in [0.2, 0.25) is 0 Å². The first-order valence-electron chi connectivity index (χ1n) is 32.9. The molecule has 2 heterocycles. The Morgan fingerprint density at radius 3 is 1.30 bits per heavy atom. The van der Waals surface area contributed by atoms with Gasteiger partial charge in [-0.1, -0.05) is 55.5 Å². The van der Waals surface area contributed by atoms with Gasteiger partial charge in [-0.25, -0.2) is 0 Å². The van der Waals surface area contributed by atoms with E-state index in [9.17, 15) is 24.3 Å². The molecule has 0 unspecified atom stereocenters. The summed E-state index contributed by atoms with van der Waals surface area (Å²) in [7, 11) is 3.44. The van der Waals surface area contributed by atoms with Crippen LogP contribution in [0.5, 0.6) is 11.5 Å². The Labute approximate surface area is 515 Å². The number of esters is 1. The summed E-state index contributed by atoms with van der Waals surface area (Å²) in [4.78, 5) is 56.6. The molecule has 0 bridgehead atoms. The van der Waals surface area contributed by atoms with E-state index in [0.717, 1.165) is 135 Å². The lowest BCUT2D eigenvalue weighted by Gasteiger charge is -2.36.